The van der Waals surface area contributed by atoms with E-state index in [1.807, 2.05) is 0 Å². The third kappa shape index (κ3) is 2.48. The van der Waals surface area contributed by atoms with Crippen molar-refractivity contribution in [2.75, 3.05) is 6.61 Å². The van der Waals surface area contributed by atoms with Crippen LogP contribution in [-0.2, 0) is 11.2 Å². The van der Waals surface area contributed by atoms with Crippen molar-refractivity contribution in [1.82, 2.24) is 8.54 Å². The Balaban J connectivity index is 2.44. The van der Waals surface area contributed by atoms with Crippen LogP contribution in [0.3, 0.4) is 0 Å². The molecule has 0 aromatic carbocycles. The fraction of sp³-hybridized carbons (Fsp3) is 0.636. The normalized spacial score (nSPS) is 26.8. The Morgan fingerprint density at radius 3 is 2.74 bits per heavy atom. The Morgan fingerprint density at radius 1 is 1.53 bits per heavy atom. The van der Waals surface area contributed by atoms with Crippen LogP contribution in [0.15, 0.2) is 15.8 Å². The standard InChI is InChI=1S/C11H16N2O5S/c1-2-6-4-12(11(17)13(19)10(6)16)9-3-7(15)8(5-14)18-9/h4,7-9,14-15,19H,2-3,5H2,1H3/t7-,8+,9+/m0/s1. The number of aromatic nitrogens is 2. The maximum Gasteiger partial charge on any atom is 0.343 e. The zero-order valence-corrected chi connectivity index (χ0v) is 11.3. The SMILES string of the molecule is CCc1cn([C@H]2C[C@H](O)[C@@H](CO)O2)c(=O)n(S)c1=O. The maximum absolute atomic E-state index is 12.0. The van der Waals surface area contributed by atoms with Gasteiger partial charge in [-0.1, -0.05) is 19.7 Å². The molecule has 19 heavy (non-hydrogen) atoms. The van der Waals surface area contributed by atoms with Gasteiger partial charge in [-0.3, -0.25) is 9.36 Å². The molecule has 0 unspecified atom stereocenters. The number of aryl methyl sites for hydroxylation is 1. The first-order chi connectivity index (χ1) is 8.99. The molecule has 2 heterocycles. The number of aliphatic hydroxyl groups is 2. The van der Waals surface area contributed by atoms with Gasteiger partial charge in [0, 0.05) is 18.2 Å². The van der Waals surface area contributed by atoms with Crippen LogP contribution in [0, 0.1) is 0 Å². The summed E-state index contributed by atoms with van der Waals surface area (Å²) in [5.41, 5.74) is -0.647. The van der Waals surface area contributed by atoms with Crippen LogP contribution >= 0.6 is 12.8 Å². The minimum atomic E-state index is -0.840. The van der Waals surface area contributed by atoms with E-state index in [9.17, 15) is 14.7 Å². The topological polar surface area (TPSA) is 93.7 Å². The summed E-state index contributed by atoms with van der Waals surface area (Å²) in [5.74, 6) is 0. The molecule has 0 bridgehead atoms. The van der Waals surface area contributed by atoms with Gasteiger partial charge in [-0.25, -0.2) is 8.77 Å². The Kier molecular flexibility index (Phi) is 4.14. The summed E-state index contributed by atoms with van der Waals surface area (Å²) in [6, 6.07) is 0. The molecular weight excluding hydrogens is 272 g/mol. The van der Waals surface area contributed by atoms with Gasteiger partial charge in [0.15, 0.2) is 0 Å². The second kappa shape index (κ2) is 5.49. The number of ether oxygens (including phenoxy) is 1. The van der Waals surface area contributed by atoms with Crippen LogP contribution in [-0.4, -0.2) is 37.6 Å². The number of aliphatic hydroxyl groups excluding tert-OH is 2. The third-order valence-electron chi connectivity index (χ3n) is 3.24. The van der Waals surface area contributed by atoms with Crippen molar-refractivity contribution in [3.05, 3.63) is 32.6 Å². The van der Waals surface area contributed by atoms with E-state index in [-0.39, 0.29) is 13.0 Å². The van der Waals surface area contributed by atoms with Crippen molar-refractivity contribution in [1.29, 1.82) is 0 Å². The predicted octanol–water partition coefficient (Wildman–Crippen LogP) is -1.09. The van der Waals surface area contributed by atoms with Crippen molar-refractivity contribution < 1.29 is 14.9 Å². The molecule has 1 saturated heterocycles. The molecule has 1 aliphatic heterocycles. The van der Waals surface area contributed by atoms with Gasteiger partial charge in [0.1, 0.15) is 12.3 Å². The highest BCUT2D eigenvalue weighted by Gasteiger charge is 2.35. The van der Waals surface area contributed by atoms with E-state index in [1.165, 1.54) is 10.8 Å². The molecular formula is C11H16N2O5S. The van der Waals surface area contributed by atoms with Gasteiger partial charge in [-0.05, 0) is 6.42 Å². The molecule has 106 valence electrons. The first-order valence-electron chi connectivity index (χ1n) is 6.00. The van der Waals surface area contributed by atoms with Crippen LogP contribution in [0.2, 0.25) is 0 Å². The van der Waals surface area contributed by atoms with Crippen LogP contribution in [0.5, 0.6) is 0 Å². The lowest BCUT2D eigenvalue weighted by molar-refractivity contribution is -0.0460. The summed E-state index contributed by atoms with van der Waals surface area (Å²) in [6.07, 6.45) is -0.203. The number of rotatable bonds is 3. The molecule has 8 heteroatoms. The molecule has 0 radical (unpaired) electrons. The molecule has 0 spiro atoms. The zero-order chi connectivity index (χ0) is 14.2. The third-order valence-corrected chi connectivity index (χ3v) is 3.59. The zero-order valence-electron chi connectivity index (χ0n) is 10.4. The van der Waals surface area contributed by atoms with Crippen LogP contribution in [0.4, 0.5) is 0 Å². The molecule has 1 aliphatic rings. The van der Waals surface area contributed by atoms with Gasteiger partial charge in [0.2, 0.25) is 0 Å². The summed E-state index contributed by atoms with van der Waals surface area (Å²) < 4.78 is 7.35. The lowest BCUT2D eigenvalue weighted by atomic mass is 10.2. The van der Waals surface area contributed by atoms with Gasteiger partial charge in [0.25, 0.3) is 5.56 Å². The second-order valence-electron chi connectivity index (χ2n) is 4.43. The first-order valence-corrected chi connectivity index (χ1v) is 6.40. The molecule has 0 amide bonds. The Hall–Kier alpha value is -1.09. The first kappa shape index (κ1) is 14.3. The fourth-order valence-electron chi connectivity index (χ4n) is 2.11. The molecule has 0 aliphatic carbocycles. The van der Waals surface area contributed by atoms with Crippen molar-refractivity contribution in [3.8, 4) is 0 Å². The number of thiol groups is 1. The molecule has 3 atom stereocenters. The van der Waals surface area contributed by atoms with E-state index in [0.29, 0.717) is 12.0 Å². The highest BCUT2D eigenvalue weighted by molar-refractivity contribution is 7.78. The van der Waals surface area contributed by atoms with Gasteiger partial charge < -0.3 is 14.9 Å². The van der Waals surface area contributed by atoms with Crippen molar-refractivity contribution >= 4 is 12.8 Å². The van der Waals surface area contributed by atoms with Gasteiger partial charge in [-0.15, -0.1) is 0 Å². The maximum atomic E-state index is 12.0. The Morgan fingerprint density at radius 2 is 2.21 bits per heavy atom. The smallest absolute Gasteiger partial charge is 0.343 e. The van der Waals surface area contributed by atoms with Gasteiger partial charge in [-0.2, -0.15) is 0 Å². The summed E-state index contributed by atoms with van der Waals surface area (Å²) in [5, 5.41) is 18.7. The largest absolute Gasteiger partial charge is 0.394 e. The van der Waals surface area contributed by atoms with Gasteiger partial charge in [0.05, 0.1) is 12.7 Å². The lowest BCUT2D eigenvalue weighted by Gasteiger charge is -2.16. The average molecular weight is 288 g/mol. The summed E-state index contributed by atoms with van der Waals surface area (Å²) in [7, 11) is 0. The summed E-state index contributed by atoms with van der Waals surface area (Å²) in [6.45, 7) is 1.47. The minimum Gasteiger partial charge on any atom is -0.394 e. The van der Waals surface area contributed by atoms with E-state index in [1.54, 1.807) is 6.92 Å². The summed E-state index contributed by atoms with van der Waals surface area (Å²) in [4.78, 5) is 23.7. The van der Waals surface area contributed by atoms with Crippen LogP contribution < -0.4 is 11.2 Å². The quantitative estimate of drug-likeness (QED) is 0.614. The van der Waals surface area contributed by atoms with E-state index in [4.69, 9.17) is 9.84 Å². The highest BCUT2D eigenvalue weighted by Crippen LogP contribution is 2.27. The lowest BCUT2D eigenvalue weighted by Crippen LogP contribution is -2.38. The average Bonchev–Trinajstić information content (AvgIpc) is 2.77. The van der Waals surface area contributed by atoms with Crippen molar-refractivity contribution in [2.45, 2.75) is 38.2 Å². The monoisotopic (exact) mass is 288 g/mol. The predicted molar refractivity (Wildman–Crippen MR) is 70.3 cm³/mol. The van der Waals surface area contributed by atoms with E-state index >= 15 is 0 Å². The summed E-state index contributed by atoms with van der Waals surface area (Å²) >= 11 is 3.87. The van der Waals surface area contributed by atoms with Crippen LogP contribution in [0.25, 0.3) is 0 Å². The molecule has 7 nitrogen and oxygen atoms in total. The van der Waals surface area contributed by atoms with Crippen LogP contribution in [0.1, 0.15) is 25.1 Å². The fourth-order valence-corrected chi connectivity index (χ4v) is 2.34. The van der Waals surface area contributed by atoms with Gasteiger partial charge >= 0.3 is 5.69 Å². The molecule has 1 aromatic heterocycles. The number of hydrogen-bond donors (Lipinski definition) is 3. The van der Waals surface area contributed by atoms with E-state index in [2.05, 4.69) is 12.8 Å². The van der Waals surface area contributed by atoms with Crippen molar-refractivity contribution in [3.63, 3.8) is 0 Å². The number of hydrogen-bond acceptors (Lipinski definition) is 6. The Labute approximate surface area is 114 Å². The minimum absolute atomic E-state index is 0.181. The second-order valence-corrected chi connectivity index (χ2v) is 4.83. The molecule has 1 fully saturated rings. The van der Waals surface area contributed by atoms with Crippen molar-refractivity contribution in [2.24, 2.45) is 0 Å². The number of nitrogens with zero attached hydrogens (tertiary/aromatic N) is 2. The van der Waals surface area contributed by atoms with E-state index < -0.39 is 29.7 Å². The molecule has 2 rings (SSSR count). The Bertz CT molecular complexity index is 581. The van der Waals surface area contributed by atoms with E-state index in [0.717, 1.165) is 3.97 Å². The molecule has 0 saturated carbocycles. The molecule has 2 N–H and O–H groups in total. The highest BCUT2D eigenvalue weighted by atomic mass is 32.1. The molecule has 1 aromatic rings.